The summed E-state index contributed by atoms with van der Waals surface area (Å²) < 4.78 is 1.03. The normalized spacial score (nSPS) is 32.9. The lowest BCUT2D eigenvalue weighted by atomic mass is 9.87. The van der Waals surface area contributed by atoms with E-state index in [-0.39, 0.29) is 0 Å². The van der Waals surface area contributed by atoms with E-state index in [0.717, 1.165) is 3.58 Å². The highest BCUT2D eigenvalue weighted by Crippen LogP contribution is 2.32. The highest BCUT2D eigenvalue weighted by Gasteiger charge is 2.38. The number of carbonyl (C=O) groups is 1. The highest BCUT2D eigenvalue weighted by atomic mass is 127. The van der Waals surface area contributed by atoms with E-state index in [2.05, 4.69) is 22.6 Å². The fraction of sp³-hybridized carbons (Fsp3) is 0.400. The number of rotatable bonds is 1. The van der Waals surface area contributed by atoms with Crippen LogP contribution in [0.1, 0.15) is 6.42 Å². The Balaban J connectivity index is 2.73. The molecule has 1 aliphatic carbocycles. The minimum absolute atomic E-state index is 0.475. The van der Waals surface area contributed by atoms with Gasteiger partial charge in [0.25, 0.3) is 0 Å². The molecule has 1 atom stereocenters. The molecule has 50 valence electrons. The van der Waals surface area contributed by atoms with Crippen LogP contribution in [0.4, 0.5) is 0 Å². The van der Waals surface area contributed by atoms with Crippen LogP contribution >= 0.6 is 22.6 Å². The molecule has 0 saturated heterocycles. The van der Waals surface area contributed by atoms with E-state index in [9.17, 15) is 4.79 Å². The molecule has 0 saturated carbocycles. The van der Waals surface area contributed by atoms with Gasteiger partial charge in [-0.3, -0.25) is 0 Å². The molecule has 1 unspecified atom stereocenters. The summed E-state index contributed by atoms with van der Waals surface area (Å²) in [6.45, 7) is 0. The summed E-state index contributed by atoms with van der Waals surface area (Å²) in [4.78, 5) is 10.3. The molecule has 9 heavy (non-hydrogen) atoms. The highest BCUT2D eigenvalue weighted by molar-refractivity contribution is 14.1. The molecule has 1 aliphatic rings. The van der Waals surface area contributed by atoms with Crippen molar-refractivity contribution < 1.29 is 9.90 Å². The van der Waals surface area contributed by atoms with Crippen molar-refractivity contribution in [2.45, 2.75) is 12.0 Å². The molecule has 0 fully saturated rings. The molecule has 0 spiro atoms. The molecule has 0 aromatic rings. The van der Waals surface area contributed by atoms with Crippen molar-refractivity contribution in [2.24, 2.45) is 5.73 Å². The predicted molar refractivity (Wildman–Crippen MR) is 41.3 cm³/mol. The lowest BCUT2D eigenvalue weighted by Gasteiger charge is -2.28. The third-order valence-corrected chi connectivity index (χ3v) is 1.97. The van der Waals surface area contributed by atoms with Crippen LogP contribution in [0.5, 0.6) is 0 Å². The third-order valence-electron chi connectivity index (χ3n) is 1.27. The molecule has 0 aromatic carbocycles. The second-order valence-electron chi connectivity index (χ2n) is 2.11. The van der Waals surface area contributed by atoms with Gasteiger partial charge in [0.1, 0.15) is 5.54 Å². The van der Waals surface area contributed by atoms with Gasteiger partial charge in [-0.2, -0.15) is 0 Å². The quantitative estimate of drug-likeness (QED) is 0.654. The number of carboxylic acids is 1. The van der Waals surface area contributed by atoms with E-state index in [1.54, 1.807) is 6.08 Å². The van der Waals surface area contributed by atoms with Crippen LogP contribution in [-0.2, 0) is 4.79 Å². The Hall–Kier alpha value is -0.100. The Bertz CT molecular complexity index is 189. The Morgan fingerprint density at radius 2 is 2.44 bits per heavy atom. The zero-order valence-electron chi connectivity index (χ0n) is 4.60. The number of aliphatic carboxylic acids is 1. The first-order chi connectivity index (χ1) is 4.04. The number of carboxylic acid groups (broad SMARTS) is 1. The monoisotopic (exact) mass is 239 g/mol. The summed E-state index contributed by atoms with van der Waals surface area (Å²) in [5, 5.41) is 8.44. The fourth-order valence-electron chi connectivity index (χ4n) is 0.667. The Morgan fingerprint density at radius 1 is 2.00 bits per heavy atom. The summed E-state index contributed by atoms with van der Waals surface area (Å²) in [7, 11) is 0. The largest absolute Gasteiger partial charge is 0.480 e. The van der Waals surface area contributed by atoms with Crippen molar-refractivity contribution in [3.8, 4) is 0 Å². The SMILES string of the molecule is NC1(C(=O)O)C=C(I)C1. The van der Waals surface area contributed by atoms with E-state index in [4.69, 9.17) is 10.8 Å². The first-order valence-electron chi connectivity index (χ1n) is 2.44. The maximum Gasteiger partial charge on any atom is 0.328 e. The summed E-state index contributed by atoms with van der Waals surface area (Å²) in [5.74, 6) is -0.942. The third kappa shape index (κ3) is 1.09. The molecule has 3 nitrogen and oxygen atoms in total. The zero-order valence-corrected chi connectivity index (χ0v) is 6.75. The van der Waals surface area contributed by atoms with Crippen molar-refractivity contribution in [2.75, 3.05) is 0 Å². The van der Waals surface area contributed by atoms with Crippen LogP contribution in [-0.4, -0.2) is 16.6 Å². The molecule has 0 amide bonds. The van der Waals surface area contributed by atoms with Crippen molar-refractivity contribution in [1.29, 1.82) is 0 Å². The lowest BCUT2D eigenvalue weighted by Crippen LogP contribution is -2.50. The first kappa shape index (κ1) is 7.01. The fourth-order valence-corrected chi connectivity index (χ4v) is 1.85. The van der Waals surface area contributed by atoms with Gasteiger partial charge in [0.2, 0.25) is 0 Å². The van der Waals surface area contributed by atoms with Crippen molar-refractivity contribution >= 4 is 28.6 Å². The predicted octanol–water partition coefficient (Wildman–Crippen LogP) is 0.491. The van der Waals surface area contributed by atoms with E-state index < -0.39 is 11.5 Å². The standard InChI is InChI=1S/C5H6INO2/c6-3-1-5(7,2-3)4(8)9/h1H,2,7H2,(H,8,9). The van der Waals surface area contributed by atoms with Crippen LogP contribution < -0.4 is 5.73 Å². The van der Waals surface area contributed by atoms with E-state index >= 15 is 0 Å². The summed E-state index contributed by atoms with van der Waals surface area (Å²) in [6.07, 6.45) is 2.04. The smallest absolute Gasteiger partial charge is 0.328 e. The van der Waals surface area contributed by atoms with Crippen molar-refractivity contribution in [1.82, 2.24) is 0 Å². The average molecular weight is 239 g/mol. The molecule has 0 bridgehead atoms. The molecule has 0 aliphatic heterocycles. The number of halogens is 1. The van der Waals surface area contributed by atoms with E-state index in [0.29, 0.717) is 6.42 Å². The van der Waals surface area contributed by atoms with Gasteiger partial charge >= 0.3 is 5.97 Å². The zero-order chi connectivity index (χ0) is 7.07. The molecule has 4 heteroatoms. The Kier molecular flexibility index (Phi) is 1.52. The van der Waals surface area contributed by atoms with Gasteiger partial charge in [0, 0.05) is 6.42 Å². The molecule has 3 N–H and O–H groups in total. The molecule has 0 aromatic heterocycles. The van der Waals surface area contributed by atoms with Gasteiger partial charge in [-0.25, -0.2) is 4.79 Å². The first-order valence-corrected chi connectivity index (χ1v) is 3.52. The van der Waals surface area contributed by atoms with Crippen molar-refractivity contribution in [3.05, 3.63) is 9.66 Å². The van der Waals surface area contributed by atoms with Crippen LogP contribution in [0.2, 0.25) is 0 Å². The van der Waals surface area contributed by atoms with Crippen LogP contribution in [0.3, 0.4) is 0 Å². The van der Waals surface area contributed by atoms with E-state index in [1.807, 2.05) is 0 Å². The molecule has 0 radical (unpaired) electrons. The van der Waals surface area contributed by atoms with Gasteiger partial charge in [-0.1, -0.05) is 0 Å². The second kappa shape index (κ2) is 1.95. The maximum atomic E-state index is 10.3. The summed E-state index contributed by atoms with van der Waals surface area (Å²) in [6, 6.07) is 0. The lowest BCUT2D eigenvalue weighted by molar-refractivity contribution is -0.141. The molecular formula is C5H6INO2. The Morgan fingerprint density at radius 3 is 2.56 bits per heavy atom. The summed E-state index contributed by atoms with van der Waals surface area (Å²) >= 11 is 2.07. The van der Waals surface area contributed by atoms with Crippen LogP contribution in [0, 0.1) is 0 Å². The van der Waals surface area contributed by atoms with Gasteiger partial charge in [-0.15, -0.1) is 0 Å². The van der Waals surface area contributed by atoms with Crippen LogP contribution in [0.15, 0.2) is 9.66 Å². The van der Waals surface area contributed by atoms with Gasteiger partial charge in [0.15, 0.2) is 0 Å². The second-order valence-corrected chi connectivity index (χ2v) is 3.50. The van der Waals surface area contributed by atoms with E-state index in [1.165, 1.54) is 0 Å². The Labute approximate surface area is 66.1 Å². The molecular weight excluding hydrogens is 233 g/mol. The minimum atomic E-state index is -1.06. The number of hydrogen-bond donors (Lipinski definition) is 2. The topological polar surface area (TPSA) is 63.3 Å². The van der Waals surface area contributed by atoms with Crippen LogP contribution in [0.25, 0.3) is 0 Å². The van der Waals surface area contributed by atoms with Crippen molar-refractivity contribution in [3.63, 3.8) is 0 Å². The van der Waals surface area contributed by atoms with Gasteiger partial charge in [0.05, 0.1) is 0 Å². The number of nitrogens with two attached hydrogens (primary N) is 1. The minimum Gasteiger partial charge on any atom is -0.480 e. The average Bonchev–Trinajstić information content (AvgIpc) is 1.62. The van der Waals surface area contributed by atoms with Gasteiger partial charge < -0.3 is 10.8 Å². The number of hydrogen-bond acceptors (Lipinski definition) is 2. The maximum absolute atomic E-state index is 10.3. The summed E-state index contributed by atoms with van der Waals surface area (Å²) in [5.41, 5.74) is 4.30. The van der Waals surface area contributed by atoms with Gasteiger partial charge in [-0.05, 0) is 32.2 Å². The molecule has 0 heterocycles. The molecule has 1 rings (SSSR count).